The molecule has 0 aliphatic heterocycles. The van der Waals surface area contributed by atoms with Crippen LogP contribution >= 0.6 is 0 Å². The molecule has 160 valence electrons. The molecule has 0 aromatic carbocycles. The number of unbranched alkanes of at least 4 members (excludes halogenated alkanes) is 1. The van der Waals surface area contributed by atoms with Gasteiger partial charge in [0.2, 0.25) is 0 Å². The van der Waals surface area contributed by atoms with Crippen LogP contribution in [0.4, 0.5) is 0 Å². The fourth-order valence-corrected chi connectivity index (χ4v) is 2.59. The maximum absolute atomic E-state index is 6.27. The Kier molecular flexibility index (Phi) is 17.5. The van der Waals surface area contributed by atoms with E-state index in [1.807, 2.05) is 86.8 Å². The quantitative estimate of drug-likeness (QED) is 0.149. The average molecular weight is 410 g/mol. The van der Waals surface area contributed by atoms with Crippen molar-refractivity contribution in [2.75, 3.05) is 0 Å². The normalized spacial score (nSPS) is 15.1. The van der Waals surface area contributed by atoms with Crippen LogP contribution in [0.3, 0.4) is 0 Å². The lowest BCUT2D eigenvalue weighted by atomic mass is 10.0. The van der Waals surface area contributed by atoms with Crippen LogP contribution < -0.4 is 5.73 Å². The molecule has 2 N–H and O–H groups in total. The minimum absolute atomic E-state index is 0.128. The molecular formula is C30H35N. The molecule has 0 spiro atoms. The highest BCUT2D eigenvalue weighted by Crippen LogP contribution is 2.14. The lowest BCUT2D eigenvalue weighted by Crippen LogP contribution is -2.18. The molecule has 0 radical (unpaired) electrons. The van der Waals surface area contributed by atoms with Gasteiger partial charge in [-0.3, -0.25) is 0 Å². The van der Waals surface area contributed by atoms with Crippen LogP contribution in [0.15, 0.2) is 121 Å². The molecule has 0 saturated carbocycles. The van der Waals surface area contributed by atoms with Crippen molar-refractivity contribution in [1.29, 1.82) is 0 Å². The molecule has 1 atom stereocenters. The van der Waals surface area contributed by atoms with Crippen molar-refractivity contribution in [1.82, 2.24) is 0 Å². The summed E-state index contributed by atoms with van der Waals surface area (Å²) < 4.78 is 0. The zero-order valence-electron chi connectivity index (χ0n) is 18.9. The second kappa shape index (κ2) is 19.8. The topological polar surface area (TPSA) is 26.0 Å². The second-order valence-electron chi connectivity index (χ2n) is 6.54. The Bertz CT molecular complexity index is 878. The first-order valence-electron chi connectivity index (χ1n) is 10.4. The third kappa shape index (κ3) is 15.0. The molecule has 1 unspecified atom stereocenters. The molecule has 0 aliphatic carbocycles. The first kappa shape index (κ1) is 27.5. The average Bonchev–Trinajstić information content (AvgIpc) is 2.76. The van der Waals surface area contributed by atoms with Crippen LogP contribution in [0.2, 0.25) is 0 Å². The van der Waals surface area contributed by atoms with Gasteiger partial charge in [-0.15, -0.1) is 12.8 Å². The third-order valence-corrected chi connectivity index (χ3v) is 4.08. The van der Waals surface area contributed by atoms with Gasteiger partial charge in [-0.2, -0.15) is 0 Å². The highest BCUT2D eigenvalue weighted by molar-refractivity contribution is 5.36. The van der Waals surface area contributed by atoms with E-state index in [0.717, 1.165) is 36.0 Å². The highest BCUT2D eigenvalue weighted by Gasteiger charge is 2.00. The van der Waals surface area contributed by atoms with Crippen molar-refractivity contribution >= 4 is 0 Å². The van der Waals surface area contributed by atoms with Gasteiger partial charge in [-0.25, -0.2) is 0 Å². The molecule has 0 aromatic rings. The predicted molar refractivity (Wildman–Crippen MR) is 140 cm³/mol. The van der Waals surface area contributed by atoms with Crippen molar-refractivity contribution < 1.29 is 0 Å². The first-order valence-corrected chi connectivity index (χ1v) is 10.4. The van der Waals surface area contributed by atoms with Gasteiger partial charge in [0, 0.05) is 6.04 Å². The van der Waals surface area contributed by atoms with Crippen LogP contribution in [-0.4, -0.2) is 6.04 Å². The molecule has 0 fully saturated rings. The van der Waals surface area contributed by atoms with Crippen LogP contribution in [0.25, 0.3) is 0 Å². The molecule has 1 nitrogen and oxygen atoms in total. The number of nitrogens with two attached hydrogens (primary N) is 1. The summed E-state index contributed by atoms with van der Waals surface area (Å²) in [4.78, 5) is 0. The SMILES string of the molecule is C#C/C=C\C=C/CC\C=C(/C=C/C=C\C=C(/C=C)CC(/C=C\C)=C/C#C)C(N)/C=C\C. The van der Waals surface area contributed by atoms with Gasteiger partial charge in [0.15, 0.2) is 0 Å². The van der Waals surface area contributed by atoms with Gasteiger partial charge in [-0.05, 0) is 62.0 Å². The smallest absolute Gasteiger partial charge is 0.0477 e. The maximum Gasteiger partial charge on any atom is 0.0477 e. The van der Waals surface area contributed by atoms with E-state index in [1.54, 1.807) is 12.2 Å². The fourth-order valence-electron chi connectivity index (χ4n) is 2.59. The summed E-state index contributed by atoms with van der Waals surface area (Å²) in [6, 6.07) is -0.128. The maximum atomic E-state index is 6.27. The van der Waals surface area contributed by atoms with Gasteiger partial charge < -0.3 is 5.73 Å². The highest BCUT2D eigenvalue weighted by atomic mass is 14.6. The molecular weight excluding hydrogens is 374 g/mol. The van der Waals surface area contributed by atoms with E-state index in [0.29, 0.717) is 0 Å². The van der Waals surface area contributed by atoms with E-state index in [1.165, 1.54) is 0 Å². The molecule has 0 bridgehead atoms. The summed E-state index contributed by atoms with van der Waals surface area (Å²) in [6.45, 7) is 7.84. The molecule has 0 heterocycles. The third-order valence-electron chi connectivity index (χ3n) is 4.08. The monoisotopic (exact) mass is 409 g/mol. The second-order valence-corrected chi connectivity index (χ2v) is 6.54. The van der Waals surface area contributed by atoms with E-state index in [4.69, 9.17) is 18.6 Å². The predicted octanol–water partition coefficient (Wildman–Crippen LogP) is 7.09. The van der Waals surface area contributed by atoms with Crippen molar-refractivity contribution in [3.63, 3.8) is 0 Å². The summed E-state index contributed by atoms with van der Waals surface area (Å²) in [5.74, 6) is 5.05. The van der Waals surface area contributed by atoms with Gasteiger partial charge in [0.05, 0.1) is 0 Å². The minimum atomic E-state index is -0.128. The minimum Gasteiger partial charge on any atom is -0.321 e. The van der Waals surface area contributed by atoms with Crippen LogP contribution in [0, 0.1) is 24.7 Å². The molecule has 0 saturated heterocycles. The van der Waals surface area contributed by atoms with E-state index >= 15 is 0 Å². The van der Waals surface area contributed by atoms with Crippen molar-refractivity contribution in [2.24, 2.45) is 5.73 Å². The Morgan fingerprint density at radius 2 is 1.74 bits per heavy atom. The van der Waals surface area contributed by atoms with E-state index < -0.39 is 0 Å². The van der Waals surface area contributed by atoms with Crippen LogP contribution in [0.1, 0.15) is 33.1 Å². The van der Waals surface area contributed by atoms with Crippen molar-refractivity contribution in [3.8, 4) is 24.7 Å². The summed E-state index contributed by atoms with van der Waals surface area (Å²) >= 11 is 0. The number of rotatable bonds is 13. The Balaban J connectivity index is 5.14. The Hall–Kier alpha value is -3.52. The Morgan fingerprint density at radius 1 is 0.935 bits per heavy atom. The number of hydrogen-bond acceptors (Lipinski definition) is 1. The summed E-state index contributed by atoms with van der Waals surface area (Å²) in [5, 5.41) is 0. The zero-order chi connectivity index (χ0) is 23.2. The molecule has 0 rings (SSSR count). The first-order chi connectivity index (χ1) is 15.1. The molecule has 0 amide bonds. The lowest BCUT2D eigenvalue weighted by Gasteiger charge is -2.08. The van der Waals surface area contributed by atoms with Crippen LogP contribution in [-0.2, 0) is 0 Å². The number of terminal acetylenes is 2. The van der Waals surface area contributed by atoms with E-state index in [-0.39, 0.29) is 6.04 Å². The van der Waals surface area contributed by atoms with Gasteiger partial charge in [0.1, 0.15) is 0 Å². The Labute approximate surface area is 190 Å². The summed E-state index contributed by atoms with van der Waals surface area (Å²) in [6.07, 6.45) is 44.6. The fraction of sp³-hybridized carbons (Fsp3) is 0.200. The molecule has 31 heavy (non-hydrogen) atoms. The van der Waals surface area contributed by atoms with Gasteiger partial charge in [0.25, 0.3) is 0 Å². The Morgan fingerprint density at radius 3 is 2.39 bits per heavy atom. The van der Waals surface area contributed by atoms with Crippen molar-refractivity contribution in [3.05, 3.63) is 121 Å². The largest absolute Gasteiger partial charge is 0.321 e. The zero-order valence-corrected chi connectivity index (χ0v) is 18.9. The van der Waals surface area contributed by atoms with E-state index in [2.05, 4.69) is 30.6 Å². The molecule has 0 aromatic heterocycles. The summed E-state index contributed by atoms with van der Waals surface area (Å²) in [5.41, 5.74) is 9.52. The van der Waals surface area contributed by atoms with Gasteiger partial charge >= 0.3 is 0 Å². The lowest BCUT2D eigenvalue weighted by molar-refractivity contribution is 0.945. The molecule has 0 aliphatic rings. The van der Waals surface area contributed by atoms with Crippen LogP contribution in [0.5, 0.6) is 0 Å². The number of allylic oxidation sites excluding steroid dienone is 16. The number of hydrogen-bond donors (Lipinski definition) is 1. The van der Waals surface area contributed by atoms with Crippen molar-refractivity contribution in [2.45, 2.75) is 39.2 Å². The van der Waals surface area contributed by atoms with E-state index in [9.17, 15) is 0 Å². The van der Waals surface area contributed by atoms with Gasteiger partial charge in [-0.1, -0.05) is 103 Å². The summed E-state index contributed by atoms with van der Waals surface area (Å²) in [7, 11) is 0. The molecule has 1 heteroatoms. The standard InChI is InChI=1S/C30H35N/c1-6-11-12-13-14-15-18-24-29(30(31)22-9-4)25-19-16-17-23-27(10-5)26-28(20-7-2)21-8-3/h1-2,8-14,16-17,19-25,30H,5,15,18,26,31H2,3-4H3/b12-11-,14-13-,17-16-,21-8-,22-9-,25-19+,27-23+,28-20+,29-24+.